The summed E-state index contributed by atoms with van der Waals surface area (Å²) in [7, 11) is 0. The van der Waals surface area contributed by atoms with Crippen molar-refractivity contribution in [3.8, 4) is 0 Å². The van der Waals surface area contributed by atoms with Crippen molar-refractivity contribution in [3.63, 3.8) is 0 Å². The summed E-state index contributed by atoms with van der Waals surface area (Å²) in [5, 5.41) is 0. The van der Waals surface area contributed by atoms with Crippen LogP contribution >= 0.6 is 0 Å². The van der Waals surface area contributed by atoms with Gasteiger partial charge < -0.3 is 0 Å². The maximum absolute atomic E-state index is 11.3. The van der Waals surface area contributed by atoms with Gasteiger partial charge in [0.05, 0.1) is 0 Å². The highest BCUT2D eigenvalue weighted by Gasteiger charge is 2.05. The van der Waals surface area contributed by atoms with Crippen LogP contribution in [-0.4, -0.2) is 5.78 Å². The van der Waals surface area contributed by atoms with Gasteiger partial charge in [-0.2, -0.15) is 0 Å². The maximum atomic E-state index is 11.3. The predicted molar refractivity (Wildman–Crippen MR) is 53.1 cm³/mol. The van der Waals surface area contributed by atoms with Gasteiger partial charge in [0.25, 0.3) is 0 Å². The molecule has 12 heavy (non-hydrogen) atoms. The molecule has 0 heterocycles. The van der Waals surface area contributed by atoms with Crippen LogP contribution in [0.2, 0.25) is 0 Å². The minimum atomic E-state index is 0.248. The fraction of sp³-hybridized carbons (Fsp3) is 0.727. The third kappa shape index (κ3) is 5.11. The third-order valence-electron chi connectivity index (χ3n) is 1.89. The zero-order valence-electron chi connectivity index (χ0n) is 8.52. The van der Waals surface area contributed by atoms with E-state index in [4.69, 9.17) is 0 Å². The molecule has 0 aromatic heterocycles. The molecule has 0 unspecified atom stereocenters. The lowest BCUT2D eigenvalue weighted by Crippen LogP contribution is -2.01. The molecule has 0 aromatic rings. The van der Waals surface area contributed by atoms with E-state index in [9.17, 15) is 4.79 Å². The molecule has 0 aromatic carbocycles. The summed E-state index contributed by atoms with van der Waals surface area (Å²) >= 11 is 0. The van der Waals surface area contributed by atoms with Crippen molar-refractivity contribution in [2.75, 3.05) is 0 Å². The first-order valence-electron chi connectivity index (χ1n) is 4.78. The quantitative estimate of drug-likeness (QED) is 0.556. The highest BCUT2D eigenvalue weighted by atomic mass is 16.1. The molecule has 1 heteroatoms. The van der Waals surface area contributed by atoms with Crippen molar-refractivity contribution in [2.45, 2.75) is 46.5 Å². The zero-order valence-corrected chi connectivity index (χ0v) is 8.52. The van der Waals surface area contributed by atoms with Crippen LogP contribution < -0.4 is 0 Å². The Balaban J connectivity index is 3.65. The Hall–Kier alpha value is -0.590. The van der Waals surface area contributed by atoms with E-state index in [1.807, 2.05) is 6.92 Å². The average molecular weight is 168 g/mol. The second-order valence-electron chi connectivity index (χ2n) is 3.71. The SMILES string of the molecule is C=C(CCC(C)C)C(=O)CCC. The third-order valence-corrected chi connectivity index (χ3v) is 1.89. The van der Waals surface area contributed by atoms with Crippen LogP contribution in [0.5, 0.6) is 0 Å². The van der Waals surface area contributed by atoms with E-state index in [0.29, 0.717) is 12.3 Å². The Morgan fingerprint density at radius 3 is 2.33 bits per heavy atom. The van der Waals surface area contributed by atoms with Crippen molar-refractivity contribution in [1.29, 1.82) is 0 Å². The highest BCUT2D eigenvalue weighted by Crippen LogP contribution is 2.12. The topological polar surface area (TPSA) is 17.1 Å². The molecule has 0 aliphatic heterocycles. The molecule has 0 aliphatic carbocycles. The van der Waals surface area contributed by atoms with E-state index < -0.39 is 0 Å². The predicted octanol–water partition coefficient (Wildman–Crippen LogP) is 3.35. The first-order chi connectivity index (χ1) is 5.57. The van der Waals surface area contributed by atoms with Gasteiger partial charge in [-0.3, -0.25) is 4.79 Å². The molecule has 0 N–H and O–H groups in total. The van der Waals surface area contributed by atoms with Gasteiger partial charge in [0, 0.05) is 6.42 Å². The summed E-state index contributed by atoms with van der Waals surface area (Å²) in [6, 6.07) is 0. The van der Waals surface area contributed by atoms with Gasteiger partial charge in [-0.05, 0) is 30.8 Å². The Bertz CT molecular complexity index is 156. The molecule has 0 radical (unpaired) electrons. The van der Waals surface area contributed by atoms with Gasteiger partial charge >= 0.3 is 0 Å². The number of Topliss-reactive ketones (excluding diaryl/α,β-unsaturated/α-hetero) is 1. The average Bonchev–Trinajstić information content (AvgIpc) is 2.00. The Morgan fingerprint density at radius 1 is 1.33 bits per heavy atom. The monoisotopic (exact) mass is 168 g/mol. The summed E-state index contributed by atoms with van der Waals surface area (Å²) in [5.74, 6) is 0.911. The molecule has 0 atom stereocenters. The van der Waals surface area contributed by atoms with Crippen molar-refractivity contribution >= 4 is 5.78 Å². The lowest BCUT2D eigenvalue weighted by molar-refractivity contribution is -0.115. The van der Waals surface area contributed by atoms with E-state index in [2.05, 4.69) is 20.4 Å². The van der Waals surface area contributed by atoms with Crippen molar-refractivity contribution in [1.82, 2.24) is 0 Å². The second-order valence-corrected chi connectivity index (χ2v) is 3.71. The zero-order chi connectivity index (χ0) is 9.56. The van der Waals surface area contributed by atoms with Gasteiger partial charge in [-0.25, -0.2) is 0 Å². The maximum Gasteiger partial charge on any atom is 0.158 e. The van der Waals surface area contributed by atoms with Crippen molar-refractivity contribution < 1.29 is 4.79 Å². The Kier molecular flexibility index (Phi) is 5.69. The number of carbonyl (C=O) groups is 1. The molecule has 0 fully saturated rings. The van der Waals surface area contributed by atoms with Gasteiger partial charge in [0.2, 0.25) is 0 Å². The van der Waals surface area contributed by atoms with Gasteiger partial charge in [-0.1, -0.05) is 27.4 Å². The molecule has 0 aliphatic rings. The number of hydrogen-bond donors (Lipinski definition) is 0. The van der Waals surface area contributed by atoms with Crippen LogP contribution in [0.3, 0.4) is 0 Å². The molecule has 1 nitrogen and oxygen atoms in total. The lowest BCUT2D eigenvalue weighted by atomic mass is 9.99. The molecule has 70 valence electrons. The first-order valence-corrected chi connectivity index (χ1v) is 4.78. The molecular weight excluding hydrogens is 148 g/mol. The summed E-state index contributed by atoms with van der Waals surface area (Å²) in [5.41, 5.74) is 0.811. The molecule has 0 saturated carbocycles. The number of allylic oxidation sites excluding steroid dienone is 1. The Labute approximate surface area is 75.9 Å². The van der Waals surface area contributed by atoms with Crippen LogP contribution in [0.15, 0.2) is 12.2 Å². The number of ketones is 1. The summed E-state index contributed by atoms with van der Waals surface area (Å²) in [4.78, 5) is 11.3. The largest absolute Gasteiger partial charge is 0.295 e. The van der Waals surface area contributed by atoms with E-state index in [1.165, 1.54) is 0 Å². The highest BCUT2D eigenvalue weighted by molar-refractivity contribution is 5.94. The van der Waals surface area contributed by atoms with E-state index in [1.54, 1.807) is 0 Å². The van der Waals surface area contributed by atoms with Crippen molar-refractivity contribution in [2.24, 2.45) is 5.92 Å². The standard InChI is InChI=1S/C11H20O/c1-5-6-11(12)10(4)8-7-9(2)3/h9H,4-8H2,1-3H3. The normalized spacial score (nSPS) is 10.3. The number of hydrogen-bond acceptors (Lipinski definition) is 1. The fourth-order valence-electron chi connectivity index (χ4n) is 1.01. The molecule has 0 bridgehead atoms. The van der Waals surface area contributed by atoms with Crippen LogP contribution in [0.1, 0.15) is 46.5 Å². The number of carbonyl (C=O) groups excluding carboxylic acids is 1. The van der Waals surface area contributed by atoms with E-state index in [-0.39, 0.29) is 5.78 Å². The summed E-state index contributed by atoms with van der Waals surface area (Å²) < 4.78 is 0. The minimum absolute atomic E-state index is 0.248. The van der Waals surface area contributed by atoms with E-state index >= 15 is 0 Å². The minimum Gasteiger partial charge on any atom is -0.295 e. The first kappa shape index (κ1) is 11.4. The lowest BCUT2D eigenvalue weighted by Gasteiger charge is -2.05. The van der Waals surface area contributed by atoms with Crippen LogP contribution in [0.25, 0.3) is 0 Å². The summed E-state index contributed by atoms with van der Waals surface area (Å²) in [6.07, 6.45) is 3.54. The smallest absolute Gasteiger partial charge is 0.158 e. The molecule has 0 amide bonds. The summed E-state index contributed by atoms with van der Waals surface area (Å²) in [6.45, 7) is 10.1. The molecular formula is C11H20O. The van der Waals surface area contributed by atoms with Crippen molar-refractivity contribution in [3.05, 3.63) is 12.2 Å². The molecule has 0 spiro atoms. The van der Waals surface area contributed by atoms with Gasteiger partial charge in [0.15, 0.2) is 5.78 Å². The van der Waals surface area contributed by atoms with Crippen LogP contribution in [0.4, 0.5) is 0 Å². The van der Waals surface area contributed by atoms with Gasteiger partial charge in [-0.15, -0.1) is 0 Å². The molecule has 0 rings (SSSR count). The van der Waals surface area contributed by atoms with E-state index in [0.717, 1.165) is 24.8 Å². The van der Waals surface area contributed by atoms with Gasteiger partial charge in [0.1, 0.15) is 0 Å². The number of rotatable bonds is 6. The molecule has 0 saturated heterocycles. The fourth-order valence-corrected chi connectivity index (χ4v) is 1.01. The van der Waals surface area contributed by atoms with Crippen LogP contribution in [-0.2, 0) is 4.79 Å². The van der Waals surface area contributed by atoms with Crippen LogP contribution in [0, 0.1) is 5.92 Å². The second kappa shape index (κ2) is 5.99. The Morgan fingerprint density at radius 2 is 1.92 bits per heavy atom.